The molecule has 30 heavy (non-hydrogen) atoms. The number of pyridine rings is 1. The van der Waals surface area contributed by atoms with E-state index in [-0.39, 0.29) is 0 Å². The number of aliphatic hydroxyl groups excluding tert-OH is 1. The summed E-state index contributed by atoms with van der Waals surface area (Å²) >= 11 is 0. The van der Waals surface area contributed by atoms with E-state index in [1.807, 2.05) is 27.7 Å². The number of aliphatic hydroxyl groups is 1. The summed E-state index contributed by atoms with van der Waals surface area (Å²) in [6, 6.07) is 12.5. The first-order chi connectivity index (χ1) is 14.6. The molecule has 0 bridgehead atoms. The van der Waals surface area contributed by atoms with Crippen LogP contribution in [-0.2, 0) is 16.2 Å². The van der Waals surface area contributed by atoms with Crippen molar-refractivity contribution in [2.75, 3.05) is 20.2 Å². The second-order valence-electron chi connectivity index (χ2n) is 7.86. The van der Waals surface area contributed by atoms with Crippen molar-refractivity contribution in [1.29, 1.82) is 0 Å². The molecule has 158 valence electrons. The second-order valence-corrected chi connectivity index (χ2v) is 7.86. The molecule has 8 nitrogen and oxygen atoms in total. The Bertz CT molecular complexity index is 1060. The van der Waals surface area contributed by atoms with E-state index in [1.54, 1.807) is 0 Å². The molecule has 1 fully saturated rings. The van der Waals surface area contributed by atoms with E-state index in [0.717, 1.165) is 33.7 Å². The molecule has 1 unspecified atom stereocenters. The number of hydrogen-bond acceptors (Lipinski definition) is 7. The predicted molar refractivity (Wildman–Crippen MR) is 110 cm³/mol. The molecule has 4 heterocycles. The Morgan fingerprint density at radius 2 is 2.03 bits per heavy atom. The second kappa shape index (κ2) is 7.64. The fraction of sp³-hybridized carbons (Fsp3) is 0.409. The molecule has 0 amide bonds. The van der Waals surface area contributed by atoms with Gasteiger partial charge in [0.05, 0.1) is 19.2 Å². The fourth-order valence-corrected chi connectivity index (χ4v) is 4.36. The maximum Gasteiger partial charge on any atom is 0.213 e. The van der Waals surface area contributed by atoms with Crippen LogP contribution in [0, 0.1) is 6.92 Å². The fourth-order valence-electron chi connectivity index (χ4n) is 4.36. The van der Waals surface area contributed by atoms with Crippen molar-refractivity contribution < 1.29 is 19.4 Å². The number of aromatic nitrogens is 2. The van der Waals surface area contributed by atoms with Gasteiger partial charge in [0.15, 0.2) is 6.35 Å². The zero-order chi connectivity index (χ0) is 20.7. The van der Waals surface area contributed by atoms with Crippen molar-refractivity contribution in [3.8, 4) is 16.9 Å². The lowest BCUT2D eigenvalue weighted by atomic mass is 9.98. The van der Waals surface area contributed by atoms with Gasteiger partial charge in [0, 0.05) is 48.9 Å². The number of piperidine rings is 1. The molecular formula is C22H26N4O4. The molecule has 8 heteroatoms. The van der Waals surface area contributed by atoms with Crippen LogP contribution in [0.3, 0.4) is 0 Å². The molecule has 1 aromatic carbocycles. The van der Waals surface area contributed by atoms with E-state index < -0.39 is 12.1 Å². The quantitative estimate of drug-likeness (QED) is 0.505. The third kappa shape index (κ3) is 3.36. The molecule has 3 aromatic rings. The molecule has 1 saturated heterocycles. The third-order valence-corrected chi connectivity index (χ3v) is 6.09. The van der Waals surface area contributed by atoms with Gasteiger partial charge in [-0.3, -0.25) is 4.90 Å². The summed E-state index contributed by atoms with van der Waals surface area (Å²) in [7, 11) is 1.49. The van der Waals surface area contributed by atoms with Gasteiger partial charge in [0.25, 0.3) is 0 Å². The summed E-state index contributed by atoms with van der Waals surface area (Å²) in [6.45, 7) is 3.88. The lowest BCUT2D eigenvalue weighted by Crippen LogP contribution is -2.56. The Labute approximate surface area is 174 Å². The van der Waals surface area contributed by atoms with Crippen LogP contribution in [0.2, 0.25) is 0 Å². The van der Waals surface area contributed by atoms with Crippen molar-refractivity contribution in [3.05, 3.63) is 53.9 Å². The summed E-state index contributed by atoms with van der Waals surface area (Å²) in [4.78, 5) is 6.70. The van der Waals surface area contributed by atoms with Gasteiger partial charge in [-0.1, -0.05) is 12.1 Å². The minimum Gasteiger partial charge on any atom is -0.462 e. The first-order valence-corrected chi connectivity index (χ1v) is 10.2. The number of nitrogens with one attached hydrogen (secondary N) is 1. The normalized spacial score (nSPS) is 19.6. The van der Waals surface area contributed by atoms with Gasteiger partial charge < -0.3 is 19.4 Å². The van der Waals surface area contributed by atoms with Crippen molar-refractivity contribution in [3.63, 3.8) is 0 Å². The van der Waals surface area contributed by atoms with Crippen LogP contribution in [0.15, 0.2) is 42.6 Å². The number of hydroxylamine groups is 1. The van der Waals surface area contributed by atoms with Crippen molar-refractivity contribution >= 4 is 5.52 Å². The standard InChI is InChI=1S/C22H26N4O4/c1-15-19(5-4-18-7-10-23-26(15)18)16-3-6-20-17(13-16)14-29-22(30-20)8-11-25(12-9-22)21(27)24-28-2/h3-7,10,13,21,24,27H,8-9,11-12,14H2,1-2H3. The zero-order valence-electron chi connectivity index (χ0n) is 17.2. The third-order valence-electron chi connectivity index (χ3n) is 6.09. The molecular weight excluding hydrogens is 384 g/mol. The van der Waals surface area contributed by atoms with Crippen LogP contribution in [0.25, 0.3) is 16.6 Å². The lowest BCUT2D eigenvalue weighted by Gasteiger charge is -2.44. The van der Waals surface area contributed by atoms with E-state index >= 15 is 0 Å². The maximum absolute atomic E-state index is 10.0. The monoisotopic (exact) mass is 410 g/mol. The van der Waals surface area contributed by atoms with Crippen LogP contribution in [0.5, 0.6) is 5.75 Å². The highest BCUT2D eigenvalue weighted by Crippen LogP contribution is 2.39. The van der Waals surface area contributed by atoms with Crippen molar-refractivity contribution in [2.45, 2.75) is 38.5 Å². The number of ether oxygens (including phenoxy) is 2. The van der Waals surface area contributed by atoms with Gasteiger partial charge in [-0.15, -0.1) is 0 Å². The van der Waals surface area contributed by atoms with Gasteiger partial charge in [0.2, 0.25) is 5.79 Å². The smallest absolute Gasteiger partial charge is 0.213 e. The molecule has 0 radical (unpaired) electrons. The zero-order valence-corrected chi connectivity index (χ0v) is 17.2. The number of fused-ring (bicyclic) bond motifs is 2. The Kier molecular flexibility index (Phi) is 4.96. The molecule has 0 saturated carbocycles. The van der Waals surface area contributed by atoms with E-state index in [4.69, 9.17) is 14.3 Å². The highest BCUT2D eigenvalue weighted by molar-refractivity contribution is 5.70. The number of benzene rings is 1. The van der Waals surface area contributed by atoms with Gasteiger partial charge in [-0.25, -0.2) is 4.52 Å². The number of hydrogen-bond donors (Lipinski definition) is 2. The van der Waals surface area contributed by atoms with Crippen molar-refractivity contribution in [2.24, 2.45) is 0 Å². The molecule has 2 aliphatic rings. The van der Waals surface area contributed by atoms with Gasteiger partial charge in [-0.2, -0.15) is 10.6 Å². The summed E-state index contributed by atoms with van der Waals surface area (Å²) in [6.07, 6.45) is 2.33. The number of aryl methyl sites for hydroxylation is 1. The lowest BCUT2D eigenvalue weighted by molar-refractivity contribution is -0.241. The first-order valence-electron chi connectivity index (χ1n) is 10.2. The molecule has 1 spiro atoms. The Balaban J connectivity index is 1.35. The number of nitrogens with zero attached hydrogens (tertiary/aromatic N) is 3. The molecule has 2 N–H and O–H groups in total. The molecule has 5 rings (SSSR count). The number of rotatable bonds is 4. The van der Waals surface area contributed by atoms with Crippen LogP contribution in [-0.4, -0.2) is 52.0 Å². The average Bonchev–Trinajstić information content (AvgIpc) is 3.24. The molecule has 2 aromatic heterocycles. The molecule has 0 aliphatic carbocycles. The Hall–Kier alpha value is -2.49. The van der Waals surface area contributed by atoms with Crippen LogP contribution >= 0.6 is 0 Å². The largest absolute Gasteiger partial charge is 0.462 e. The first kappa shape index (κ1) is 19.5. The van der Waals surface area contributed by atoms with Crippen molar-refractivity contribution in [1.82, 2.24) is 20.0 Å². The van der Waals surface area contributed by atoms with Crippen LogP contribution in [0.4, 0.5) is 0 Å². The van der Waals surface area contributed by atoms with Crippen LogP contribution < -0.4 is 10.2 Å². The summed E-state index contributed by atoms with van der Waals surface area (Å²) in [5, 5.41) is 14.4. The minimum atomic E-state index is -0.832. The summed E-state index contributed by atoms with van der Waals surface area (Å²) in [5.41, 5.74) is 8.04. The summed E-state index contributed by atoms with van der Waals surface area (Å²) in [5.74, 6) is 0.230. The predicted octanol–water partition coefficient (Wildman–Crippen LogP) is 2.44. The van der Waals surface area contributed by atoms with E-state index in [9.17, 15) is 5.11 Å². The topological polar surface area (TPSA) is 80.5 Å². The number of likely N-dealkylation sites (tertiary alicyclic amines) is 1. The van der Waals surface area contributed by atoms with E-state index in [1.165, 1.54) is 7.11 Å². The highest BCUT2D eigenvalue weighted by atomic mass is 16.7. The molecule has 1 atom stereocenters. The SMILES string of the molecule is CONC(O)N1CCC2(CC1)OCc1cc(-c3ccc4ccnn4c3C)ccc1O2. The van der Waals surface area contributed by atoms with Gasteiger partial charge >= 0.3 is 0 Å². The highest BCUT2D eigenvalue weighted by Gasteiger charge is 2.42. The Morgan fingerprint density at radius 1 is 1.20 bits per heavy atom. The van der Waals surface area contributed by atoms with E-state index in [0.29, 0.717) is 32.5 Å². The Morgan fingerprint density at radius 3 is 2.83 bits per heavy atom. The van der Waals surface area contributed by atoms with E-state index in [2.05, 4.69) is 41.8 Å². The van der Waals surface area contributed by atoms with Gasteiger partial charge in [0.1, 0.15) is 5.75 Å². The summed E-state index contributed by atoms with van der Waals surface area (Å²) < 4.78 is 14.5. The molecule has 2 aliphatic heterocycles. The van der Waals surface area contributed by atoms with Gasteiger partial charge in [-0.05, 0) is 36.8 Å². The maximum atomic E-state index is 10.0. The minimum absolute atomic E-state index is 0.505. The van der Waals surface area contributed by atoms with Crippen LogP contribution in [0.1, 0.15) is 24.1 Å². The average molecular weight is 410 g/mol.